The van der Waals surface area contributed by atoms with Crippen LogP contribution in [0.15, 0.2) is 96.3 Å². The van der Waals surface area contributed by atoms with Gasteiger partial charge in [0.2, 0.25) is 0 Å². The highest BCUT2D eigenvalue weighted by Gasteiger charge is 2.21. The van der Waals surface area contributed by atoms with Gasteiger partial charge in [-0.15, -0.1) is 0 Å². The van der Waals surface area contributed by atoms with E-state index in [1.54, 1.807) is 0 Å². The van der Waals surface area contributed by atoms with Crippen molar-refractivity contribution in [2.75, 3.05) is 52.1 Å². The van der Waals surface area contributed by atoms with E-state index < -0.39 is 7.25 Å². The van der Waals surface area contributed by atoms with E-state index in [9.17, 15) is 17.3 Å². The first-order chi connectivity index (χ1) is 17.8. The van der Waals surface area contributed by atoms with E-state index in [0.717, 1.165) is 45.2 Å². The van der Waals surface area contributed by atoms with Crippen LogP contribution in [0.3, 0.4) is 0 Å². The Bertz CT molecular complexity index is 1300. The monoisotopic (exact) mass is 525 g/mol. The first-order valence-electron chi connectivity index (χ1n) is 12.0. The molecule has 2 aromatic rings. The Morgan fingerprint density at radius 2 is 1.11 bits per heavy atom. The summed E-state index contributed by atoms with van der Waals surface area (Å²) in [6, 6.07) is 17.1. The molecular weight excluding hydrogens is 493 g/mol. The van der Waals surface area contributed by atoms with Crippen molar-refractivity contribution in [3.63, 3.8) is 0 Å². The van der Waals surface area contributed by atoms with Crippen molar-refractivity contribution in [1.29, 1.82) is 0 Å². The van der Waals surface area contributed by atoms with Gasteiger partial charge in [0.05, 0.1) is 0 Å². The lowest BCUT2D eigenvalue weighted by Gasteiger charge is -2.21. The molecule has 2 aromatic carbocycles. The van der Waals surface area contributed by atoms with Gasteiger partial charge in [-0.3, -0.25) is 0 Å². The molecular formula is C29H32BF4N3O. The van der Waals surface area contributed by atoms with E-state index in [-0.39, 0.29) is 0 Å². The molecule has 1 aliphatic carbocycles. The Hall–Kier alpha value is -4.01. The van der Waals surface area contributed by atoms with Crippen molar-refractivity contribution in [3.8, 4) is 0 Å². The minimum absolute atomic E-state index is 0.848. The lowest BCUT2D eigenvalue weighted by molar-refractivity contribution is -0.462. The number of hydrogen-bond acceptors (Lipinski definition) is 3. The molecule has 4 nitrogen and oxygen atoms in total. The molecule has 0 radical (unpaired) electrons. The van der Waals surface area contributed by atoms with Crippen molar-refractivity contribution in [1.82, 2.24) is 0 Å². The highest BCUT2D eigenvalue weighted by Crippen LogP contribution is 2.35. The van der Waals surface area contributed by atoms with Crippen molar-refractivity contribution in [2.24, 2.45) is 0 Å². The third-order valence-corrected chi connectivity index (χ3v) is 5.85. The highest BCUT2D eigenvalue weighted by molar-refractivity contribution is 6.50. The second-order valence-electron chi connectivity index (χ2n) is 9.39. The number of allylic oxidation sites excluding steroid dienone is 8. The topological polar surface area (TPSA) is 18.7 Å². The molecule has 0 saturated heterocycles. The molecule has 9 heteroatoms. The zero-order valence-corrected chi connectivity index (χ0v) is 22.4. The van der Waals surface area contributed by atoms with Gasteiger partial charge in [0, 0.05) is 62.9 Å². The largest absolute Gasteiger partial charge is 0.673 e. The van der Waals surface area contributed by atoms with E-state index in [1.807, 2.05) is 28.2 Å². The van der Waals surface area contributed by atoms with E-state index in [1.165, 1.54) is 5.69 Å². The van der Waals surface area contributed by atoms with Gasteiger partial charge in [0.1, 0.15) is 25.6 Å². The molecule has 2 aliphatic rings. The third-order valence-electron chi connectivity index (χ3n) is 5.85. The van der Waals surface area contributed by atoms with Crippen molar-refractivity contribution in [2.45, 2.75) is 0 Å². The summed E-state index contributed by atoms with van der Waals surface area (Å²) in [5.74, 6) is 1.70. The fraction of sp³-hybridized carbons (Fsp3) is 0.207. The number of nitrogens with zero attached hydrogens (tertiary/aromatic N) is 3. The van der Waals surface area contributed by atoms with Gasteiger partial charge < -0.3 is 31.8 Å². The Morgan fingerprint density at radius 1 is 0.658 bits per heavy atom. The summed E-state index contributed by atoms with van der Waals surface area (Å²) in [6.07, 6.45) is 12.7. The Labute approximate surface area is 221 Å². The van der Waals surface area contributed by atoms with Crippen molar-refractivity contribution < 1.29 is 26.6 Å². The van der Waals surface area contributed by atoms with Crippen molar-refractivity contribution >= 4 is 35.7 Å². The maximum absolute atomic E-state index is 9.75. The minimum atomic E-state index is -6.00. The van der Waals surface area contributed by atoms with E-state index in [2.05, 4.69) is 113 Å². The quantitative estimate of drug-likeness (QED) is 0.253. The minimum Gasteiger partial charge on any atom is -0.456 e. The summed E-state index contributed by atoms with van der Waals surface area (Å²) in [6.45, 7) is 0. The molecule has 1 aliphatic heterocycles. The zero-order valence-electron chi connectivity index (χ0n) is 22.4. The lowest BCUT2D eigenvalue weighted by Crippen LogP contribution is -2.10. The molecule has 0 fully saturated rings. The fourth-order valence-electron chi connectivity index (χ4n) is 3.75. The van der Waals surface area contributed by atoms with Crippen LogP contribution in [0.2, 0.25) is 0 Å². The smallest absolute Gasteiger partial charge is 0.456 e. The number of rotatable bonds is 4. The molecule has 200 valence electrons. The number of hydrogen-bond donors (Lipinski definition) is 0. The molecule has 0 bridgehead atoms. The molecule has 0 atom stereocenters. The van der Waals surface area contributed by atoms with Crippen LogP contribution in [0.1, 0.15) is 11.1 Å². The van der Waals surface area contributed by atoms with Gasteiger partial charge in [0.25, 0.3) is 0 Å². The van der Waals surface area contributed by atoms with Crippen LogP contribution in [-0.4, -0.2) is 59.8 Å². The molecule has 0 aromatic heterocycles. The third kappa shape index (κ3) is 8.00. The van der Waals surface area contributed by atoms with E-state index in [4.69, 9.17) is 4.74 Å². The van der Waals surface area contributed by atoms with Crippen LogP contribution in [0.25, 0.3) is 11.3 Å². The number of ether oxygens (including phenoxy) is 1. The van der Waals surface area contributed by atoms with Crippen LogP contribution in [-0.2, 0) is 4.74 Å². The van der Waals surface area contributed by atoms with Gasteiger partial charge in [-0.25, -0.2) is 4.58 Å². The van der Waals surface area contributed by atoms with Gasteiger partial charge in [-0.2, -0.15) is 0 Å². The van der Waals surface area contributed by atoms with Crippen molar-refractivity contribution in [3.05, 3.63) is 107 Å². The summed E-state index contributed by atoms with van der Waals surface area (Å²) >= 11 is 0. The molecule has 0 amide bonds. The Morgan fingerprint density at radius 3 is 1.53 bits per heavy atom. The fourth-order valence-corrected chi connectivity index (χ4v) is 3.75. The molecule has 38 heavy (non-hydrogen) atoms. The highest BCUT2D eigenvalue weighted by atomic mass is 19.5. The maximum atomic E-state index is 9.75. The Kier molecular flexibility index (Phi) is 9.04. The first kappa shape index (κ1) is 28.6. The van der Waals surface area contributed by atoms with Crippen LogP contribution in [0, 0.1) is 0 Å². The number of halogens is 4. The second kappa shape index (κ2) is 12.0. The predicted molar refractivity (Wildman–Crippen MR) is 151 cm³/mol. The van der Waals surface area contributed by atoms with Crippen LogP contribution in [0.4, 0.5) is 28.6 Å². The van der Waals surface area contributed by atoms with Gasteiger partial charge in [-0.05, 0) is 71.8 Å². The summed E-state index contributed by atoms with van der Waals surface area (Å²) in [7, 11) is 6.31. The number of anilines is 2. The van der Waals surface area contributed by atoms with E-state index >= 15 is 0 Å². The average molecular weight is 525 g/mol. The van der Waals surface area contributed by atoms with Crippen LogP contribution < -0.4 is 9.80 Å². The number of benzene rings is 2. The maximum Gasteiger partial charge on any atom is 0.673 e. The predicted octanol–water partition coefficient (Wildman–Crippen LogP) is 6.67. The van der Waals surface area contributed by atoms with Gasteiger partial charge in [0.15, 0.2) is 5.71 Å². The lowest BCUT2D eigenvalue weighted by atomic mass is 9.98. The standard InChI is InChI=1S/C29H32N3O.BF4/c1-30(2)25-13-7-21(8-14-25)24-19-28(22-9-15-26(16-10-22)31(3)4)33-29(20-24)23-11-17-27(18-12-23)32(5)6;2-1(3,4)5/h7-20H,1-6H3;/q+1;-1. The Balaban J connectivity index is 0.000000732. The molecule has 0 spiro atoms. The van der Waals surface area contributed by atoms with E-state index in [0.29, 0.717) is 0 Å². The SMILES string of the molecule is CN(C)c1ccc(C2=CC(=C3C=CC(=[N+](C)C)C=C3)OC(c3ccc(N(C)C)cc3)=C2)cc1.F[B-](F)(F)F. The summed E-state index contributed by atoms with van der Waals surface area (Å²) < 4.78 is 47.5. The molecule has 0 unspecified atom stereocenters. The van der Waals surface area contributed by atoms with Crippen LogP contribution in [0.5, 0.6) is 0 Å². The van der Waals surface area contributed by atoms with Crippen LogP contribution >= 0.6 is 0 Å². The molecule has 1 heterocycles. The summed E-state index contributed by atoms with van der Waals surface area (Å²) in [4.78, 5) is 4.21. The molecule has 0 N–H and O–H groups in total. The van der Waals surface area contributed by atoms with Gasteiger partial charge >= 0.3 is 7.25 Å². The molecule has 0 saturated carbocycles. The summed E-state index contributed by atoms with van der Waals surface area (Å²) in [5, 5.41) is 0. The van der Waals surface area contributed by atoms with Gasteiger partial charge in [-0.1, -0.05) is 12.1 Å². The average Bonchev–Trinajstić information content (AvgIpc) is 2.87. The normalized spacial score (nSPS) is 14.7. The zero-order chi connectivity index (χ0) is 28.0. The summed E-state index contributed by atoms with van der Waals surface area (Å²) in [5.41, 5.74) is 7.90. The second-order valence-corrected chi connectivity index (χ2v) is 9.39. The first-order valence-corrected chi connectivity index (χ1v) is 12.0. The molecule has 4 rings (SSSR count).